The predicted molar refractivity (Wildman–Crippen MR) is 252 cm³/mol. The van der Waals surface area contributed by atoms with Gasteiger partial charge in [0.15, 0.2) is 5.75 Å². The highest BCUT2D eigenvalue weighted by Gasteiger charge is 2.23. The third-order valence-corrected chi connectivity index (χ3v) is 12.7. The molecular weight excluding hydrogens is 941 g/mol. The van der Waals surface area contributed by atoms with Crippen LogP contribution in [0.3, 0.4) is 0 Å². The second-order valence-corrected chi connectivity index (χ2v) is 19.8. The van der Waals surface area contributed by atoms with E-state index in [1.807, 2.05) is 13.8 Å². The first-order valence-electron chi connectivity index (χ1n) is 20.1. The molecule has 23 heteroatoms. The lowest BCUT2D eigenvalue weighted by atomic mass is 10.1. The lowest BCUT2D eigenvalue weighted by Crippen LogP contribution is -2.09. The highest BCUT2D eigenvalue weighted by Crippen LogP contribution is 2.43. The molecule has 68 heavy (non-hydrogen) atoms. The molecule has 0 amide bonds. The number of ether oxygens (including phenoxy) is 1. The predicted octanol–water partition coefficient (Wildman–Crippen LogP) is 12.4. The van der Waals surface area contributed by atoms with Crippen LogP contribution in [0.15, 0.2) is 154 Å². The van der Waals surface area contributed by atoms with Gasteiger partial charge in [-0.05, 0) is 158 Å². The van der Waals surface area contributed by atoms with Crippen molar-refractivity contribution in [2.45, 2.75) is 43.9 Å². The third kappa shape index (κ3) is 11.8. The lowest BCUT2D eigenvalue weighted by molar-refractivity contribution is 0.319. The molecule has 0 radical (unpaired) electrons. The minimum Gasteiger partial charge on any atom is -0.508 e. The summed E-state index contributed by atoms with van der Waals surface area (Å²) in [7, 11) is -13.8. The monoisotopic (exact) mass is 980 g/mol. The maximum absolute atomic E-state index is 12.5. The molecule has 0 fully saturated rings. The lowest BCUT2D eigenvalue weighted by Gasteiger charge is -2.11. The van der Waals surface area contributed by atoms with E-state index in [9.17, 15) is 44.6 Å². The Labute approximate surface area is 389 Å². The van der Waals surface area contributed by atoms with E-state index >= 15 is 0 Å². The molecule has 0 aliphatic heterocycles. The molecule has 350 valence electrons. The highest BCUT2D eigenvalue weighted by atomic mass is 32.2. The summed E-state index contributed by atoms with van der Waals surface area (Å²) in [6, 6.07) is 25.7. The Morgan fingerprint density at radius 1 is 0.485 bits per heavy atom. The summed E-state index contributed by atoms with van der Waals surface area (Å²) in [4.78, 5) is -1.11. The normalized spacial score (nSPS) is 12.8. The molecule has 20 nitrogen and oxygen atoms in total. The number of hydrogen-bond donors (Lipinski definition) is 5. The largest absolute Gasteiger partial charge is 0.508 e. The summed E-state index contributed by atoms with van der Waals surface area (Å²) in [5.74, 6) is -1.01. The Balaban J connectivity index is 1.09. The number of aromatic hydroxyl groups is 2. The number of phenols is 2. The standard InChI is InChI=1S/C45H40N8O12S3/c1-25-17-39(26(2)16-38(25)49-48-33-7-6-29-21-35(67(59,60)61)24-42(37(29)23-33)65-14-5-15-66(56,57)58)50-51-40-18-28(4)41(19-27(40)3)52-53-44-43(68(62,63)64)22-30-20-32(10-13-36(30)45(44)55)47-46-31-8-11-34(54)12-9-31/h6-13,16-24,54-55H,5,14-15H2,1-4H3,(H,56,57,58)(H,59,60,61)(H,62,63,64). The first-order valence-corrected chi connectivity index (χ1v) is 24.6. The molecule has 7 aromatic rings. The molecule has 7 aromatic carbocycles. The van der Waals surface area contributed by atoms with Crippen molar-refractivity contribution in [3.63, 3.8) is 0 Å². The summed E-state index contributed by atoms with van der Waals surface area (Å²) in [5, 5.41) is 56.2. The van der Waals surface area contributed by atoms with Crippen molar-refractivity contribution in [2.75, 3.05) is 12.4 Å². The van der Waals surface area contributed by atoms with Crippen LogP contribution in [0.1, 0.15) is 28.7 Å². The summed E-state index contributed by atoms with van der Waals surface area (Å²) in [5.41, 5.74) is 5.16. The quantitative estimate of drug-likeness (QED) is 0.0364. The van der Waals surface area contributed by atoms with Crippen molar-refractivity contribution in [2.24, 2.45) is 40.9 Å². The van der Waals surface area contributed by atoms with Gasteiger partial charge in [0.2, 0.25) is 0 Å². The highest BCUT2D eigenvalue weighted by molar-refractivity contribution is 7.86. The van der Waals surface area contributed by atoms with Gasteiger partial charge in [-0.2, -0.15) is 61.1 Å². The van der Waals surface area contributed by atoms with Gasteiger partial charge in [0.25, 0.3) is 30.4 Å². The maximum Gasteiger partial charge on any atom is 0.296 e. The Morgan fingerprint density at radius 3 is 1.54 bits per heavy atom. The molecule has 0 bridgehead atoms. The van der Waals surface area contributed by atoms with Gasteiger partial charge in [-0.3, -0.25) is 13.7 Å². The van der Waals surface area contributed by atoms with E-state index in [4.69, 9.17) is 9.29 Å². The number of rotatable bonds is 15. The van der Waals surface area contributed by atoms with Crippen molar-refractivity contribution in [1.82, 2.24) is 0 Å². The van der Waals surface area contributed by atoms with Crippen LogP contribution >= 0.6 is 0 Å². The first-order chi connectivity index (χ1) is 32.0. The fourth-order valence-electron chi connectivity index (χ4n) is 6.69. The number of fused-ring (bicyclic) bond motifs is 2. The van der Waals surface area contributed by atoms with E-state index in [-0.39, 0.29) is 35.3 Å². The molecule has 0 aromatic heterocycles. The van der Waals surface area contributed by atoms with Crippen LogP contribution in [0.25, 0.3) is 21.5 Å². The van der Waals surface area contributed by atoms with Crippen molar-refractivity contribution in [1.29, 1.82) is 0 Å². The van der Waals surface area contributed by atoms with Gasteiger partial charge in [-0.25, -0.2) is 0 Å². The van der Waals surface area contributed by atoms with Gasteiger partial charge in [-0.15, -0.1) is 5.11 Å². The van der Waals surface area contributed by atoms with Gasteiger partial charge < -0.3 is 14.9 Å². The SMILES string of the molecule is Cc1cc(N=Nc2cc(C)c(N=Nc3c(S(=O)(=O)O)cc4cc(N=Nc5ccc(O)cc5)ccc4c3O)cc2C)c(C)cc1N=Nc1ccc2cc(S(=O)(=O)O)cc(OCCCS(=O)(=O)O)c2c1. The zero-order valence-corrected chi connectivity index (χ0v) is 38.8. The zero-order chi connectivity index (χ0) is 49.1. The van der Waals surface area contributed by atoms with E-state index in [0.29, 0.717) is 72.8 Å². The molecular formula is C45H40N8O12S3. The average molecular weight is 981 g/mol. The number of phenolic OH excluding ortho intramolecular Hbond substituents is 2. The van der Waals surface area contributed by atoms with Crippen LogP contribution in [0, 0.1) is 27.7 Å². The number of hydrogen-bond acceptors (Lipinski definition) is 17. The number of aryl methyl sites for hydroxylation is 4. The van der Waals surface area contributed by atoms with Gasteiger partial charge in [0.1, 0.15) is 22.1 Å². The fourth-order valence-corrected chi connectivity index (χ4v) is 8.37. The summed E-state index contributed by atoms with van der Waals surface area (Å²) < 4.78 is 106. The zero-order valence-electron chi connectivity index (χ0n) is 36.3. The number of azo groups is 4. The van der Waals surface area contributed by atoms with Crippen molar-refractivity contribution in [3.05, 3.63) is 125 Å². The molecule has 0 heterocycles. The Kier molecular flexibility index (Phi) is 13.9. The Hall–Kier alpha value is -7.41. The molecule has 0 saturated carbocycles. The van der Waals surface area contributed by atoms with Crippen LogP contribution < -0.4 is 4.74 Å². The first kappa shape index (κ1) is 48.5. The number of nitrogens with zero attached hydrogens (tertiary/aromatic N) is 8. The van der Waals surface area contributed by atoms with Crippen molar-refractivity contribution >= 4 is 97.4 Å². The Morgan fingerprint density at radius 2 is 0.985 bits per heavy atom. The van der Waals surface area contributed by atoms with E-state index < -0.39 is 57.3 Å². The third-order valence-electron chi connectivity index (χ3n) is 10.2. The van der Waals surface area contributed by atoms with E-state index in [1.165, 1.54) is 30.3 Å². The van der Waals surface area contributed by atoms with Crippen LogP contribution in [-0.4, -0.2) is 61.5 Å². The van der Waals surface area contributed by atoms with Crippen LogP contribution in [0.4, 0.5) is 45.5 Å². The summed E-state index contributed by atoms with van der Waals surface area (Å²) in [6.07, 6.45) is -0.0858. The maximum atomic E-state index is 12.5. The topological polar surface area (TPSA) is 312 Å². The molecule has 5 N–H and O–H groups in total. The van der Waals surface area contributed by atoms with Crippen molar-refractivity contribution < 1.29 is 53.9 Å². The summed E-state index contributed by atoms with van der Waals surface area (Å²) in [6.45, 7) is 6.94. The van der Waals surface area contributed by atoms with Gasteiger partial charge in [0.05, 0.1) is 57.1 Å². The molecule has 0 atom stereocenters. The van der Waals surface area contributed by atoms with Gasteiger partial charge >= 0.3 is 0 Å². The van der Waals surface area contributed by atoms with E-state index in [2.05, 4.69) is 40.9 Å². The minimum atomic E-state index is -4.90. The minimum absolute atomic E-state index is 0.0360. The molecule has 0 unspecified atom stereocenters. The molecule has 0 aliphatic rings. The van der Waals surface area contributed by atoms with Crippen LogP contribution in [0.2, 0.25) is 0 Å². The van der Waals surface area contributed by atoms with Gasteiger partial charge in [0, 0.05) is 16.8 Å². The van der Waals surface area contributed by atoms with Gasteiger partial charge in [-0.1, -0.05) is 6.07 Å². The molecule has 0 aliphatic carbocycles. The Bertz CT molecular complexity index is 3620. The van der Waals surface area contributed by atoms with Crippen LogP contribution in [-0.2, 0) is 30.4 Å². The second-order valence-electron chi connectivity index (χ2n) is 15.4. The molecule has 0 saturated heterocycles. The second kappa shape index (κ2) is 19.4. The molecule has 0 spiro atoms. The summed E-state index contributed by atoms with van der Waals surface area (Å²) >= 11 is 0. The van der Waals surface area contributed by atoms with Crippen LogP contribution in [0.5, 0.6) is 17.2 Å². The fraction of sp³-hybridized carbons (Fsp3) is 0.156. The van der Waals surface area contributed by atoms with E-state index in [1.54, 1.807) is 74.5 Å². The smallest absolute Gasteiger partial charge is 0.296 e. The number of benzene rings is 7. The van der Waals surface area contributed by atoms with E-state index in [0.717, 1.165) is 12.1 Å². The van der Waals surface area contributed by atoms with Crippen molar-refractivity contribution in [3.8, 4) is 17.2 Å². The molecule has 7 rings (SSSR count). The average Bonchev–Trinajstić information content (AvgIpc) is 3.26.